The summed E-state index contributed by atoms with van der Waals surface area (Å²) in [5, 5.41) is 6.71. The first-order valence-corrected chi connectivity index (χ1v) is 8.30. The molecule has 1 saturated carbocycles. The summed E-state index contributed by atoms with van der Waals surface area (Å²) in [5.74, 6) is 0.526. The average molecular weight is 330 g/mol. The molecule has 0 bridgehead atoms. The monoisotopic (exact) mass is 329 g/mol. The maximum atomic E-state index is 12.1. The van der Waals surface area contributed by atoms with Crippen LogP contribution in [0.15, 0.2) is 48.7 Å². The van der Waals surface area contributed by atoms with Crippen LogP contribution in [-0.2, 0) is 6.42 Å². The maximum absolute atomic E-state index is 12.1. The maximum Gasteiger partial charge on any atom is 0.315 e. The van der Waals surface area contributed by atoms with Crippen molar-refractivity contribution in [1.82, 2.24) is 15.6 Å². The van der Waals surface area contributed by atoms with Crippen molar-refractivity contribution in [3.63, 3.8) is 0 Å². The fourth-order valence-corrected chi connectivity index (χ4v) is 2.74. The molecule has 2 N–H and O–H groups in total. The summed E-state index contributed by atoms with van der Waals surface area (Å²) in [6, 6.07) is 13.4. The van der Waals surface area contributed by atoms with E-state index in [1.807, 2.05) is 42.5 Å². The summed E-state index contributed by atoms with van der Waals surface area (Å²) in [6.07, 6.45) is 4.80. The van der Waals surface area contributed by atoms with Gasteiger partial charge in [0.25, 0.3) is 0 Å². The number of amides is 2. The van der Waals surface area contributed by atoms with E-state index < -0.39 is 0 Å². The van der Waals surface area contributed by atoms with E-state index in [4.69, 9.17) is 11.6 Å². The lowest BCUT2D eigenvalue weighted by molar-refractivity contribution is 0.235. The van der Waals surface area contributed by atoms with Gasteiger partial charge in [0.2, 0.25) is 0 Å². The number of carbonyl (C=O) groups is 1. The van der Waals surface area contributed by atoms with Crippen LogP contribution in [0, 0.1) is 5.92 Å². The van der Waals surface area contributed by atoms with Crippen LogP contribution >= 0.6 is 11.6 Å². The number of hydrogen-bond donors (Lipinski definition) is 2. The minimum absolute atomic E-state index is 0.0575. The fraction of sp³-hybridized carbons (Fsp3) is 0.333. The predicted molar refractivity (Wildman–Crippen MR) is 91.4 cm³/mol. The topological polar surface area (TPSA) is 54.0 Å². The van der Waals surface area contributed by atoms with Gasteiger partial charge in [-0.25, -0.2) is 4.79 Å². The van der Waals surface area contributed by atoms with Crippen LogP contribution in [0.1, 0.15) is 30.1 Å². The van der Waals surface area contributed by atoms with Gasteiger partial charge in [-0.1, -0.05) is 29.8 Å². The Morgan fingerprint density at radius 2 is 2.00 bits per heavy atom. The second kappa shape index (κ2) is 7.47. The molecule has 1 aliphatic carbocycles. The molecule has 2 amide bonds. The van der Waals surface area contributed by atoms with E-state index in [-0.39, 0.29) is 12.1 Å². The van der Waals surface area contributed by atoms with E-state index in [0.717, 1.165) is 30.5 Å². The zero-order chi connectivity index (χ0) is 16.1. The molecule has 1 aromatic heterocycles. The molecule has 0 aliphatic heterocycles. The highest BCUT2D eigenvalue weighted by molar-refractivity contribution is 6.30. The van der Waals surface area contributed by atoms with Gasteiger partial charge < -0.3 is 10.6 Å². The van der Waals surface area contributed by atoms with Crippen LogP contribution in [0.2, 0.25) is 5.02 Å². The summed E-state index contributed by atoms with van der Waals surface area (Å²) in [4.78, 5) is 16.4. The molecule has 120 valence electrons. The molecule has 3 rings (SSSR count). The number of nitrogens with one attached hydrogen (secondary N) is 2. The number of carbonyl (C=O) groups excluding carboxylic acids is 1. The van der Waals surface area contributed by atoms with Crippen molar-refractivity contribution in [2.24, 2.45) is 5.92 Å². The molecule has 1 atom stereocenters. The molecule has 2 aromatic rings. The third kappa shape index (κ3) is 4.70. The highest BCUT2D eigenvalue weighted by Gasteiger charge is 2.33. The lowest BCUT2D eigenvalue weighted by atomic mass is 10.0. The van der Waals surface area contributed by atoms with Crippen molar-refractivity contribution in [1.29, 1.82) is 0 Å². The summed E-state index contributed by atoms with van der Waals surface area (Å²) in [6.45, 7) is 0.570. The highest BCUT2D eigenvalue weighted by atomic mass is 35.5. The van der Waals surface area contributed by atoms with Crippen LogP contribution in [0.3, 0.4) is 0 Å². The molecule has 1 unspecified atom stereocenters. The largest absolute Gasteiger partial charge is 0.338 e. The molecule has 1 heterocycles. The Hall–Kier alpha value is -2.07. The number of halogens is 1. The SMILES string of the molecule is O=C(NCCc1ccccn1)NC(c1ccc(Cl)cc1)C1CC1. The van der Waals surface area contributed by atoms with E-state index in [2.05, 4.69) is 15.6 Å². The molecule has 0 spiro atoms. The fourth-order valence-electron chi connectivity index (χ4n) is 2.62. The summed E-state index contributed by atoms with van der Waals surface area (Å²) in [5.41, 5.74) is 2.08. The van der Waals surface area contributed by atoms with Gasteiger partial charge in [0.15, 0.2) is 0 Å². The molecule has 4 nitrogen and oxygen atoms in total. The lowest BCUT2D eigenvalue weighted by Gasteiger charge is -2.19. The van der Waals surface area contributed by atoms with Crippen molar-refractivity contribution >= 4 is 17.6 Å². The van der Waals surface area contributed by atoms with Crippen molar-refractivity contribution in [3.05, 3.63) is 64.9 Å². The third-order valence-electron chi connectivity index (χ3n) is 4.00. The number of pyridine rings is 1. The predicted octanol–water partition coefficient (Wildman–Crippen LogP) is 3.73. The summed E-state index contributed by atoms with van der Waals surface area (Å²) < 4.78 is 0. The zero-order valence-electron chi connectivity index (χ0n) is 12.8. The minimum Gasteiger partial charge on any atom is -0.338 e. The second-order valence-electron chi connectivity index (χ2n) is 5.84. The van der Waals surface area contributed by atoms with Crippen molar-refractivity contribution < 1.29 is 4.79 Å². The molecule has 0 radical (unpaired) electrons. The number of hydrogen-bond acceptors (Lipinski definition) is 2. The number of aromatic nitrogens is 1. The standard InChI is InChI=1S/C18H20ClN3O/c19-15-8-6-14(7-9-15)17(13-4-5-13)22-18(23)21-12-10-16-3-1-2-11-20-16/h1-3,6-9,11,13,17H,4-5,10,12H2,(H2,21,22,23). The second-order valence-corrected chi connectivity index (χ2v) is 6.27. The smallest absolute Gasteiger partial charge is 0.315 e. The van der Waals surface area contributed by atoms with Gasteiger partial charge in [0, 0.05) is 29.9 Å². The van der Waals surface area contributed by atoms with Gasteiger partial charge in [-0.2, -0.15) is 0 Å². The van der Waals surface area contributed by atoms with Gasteiger partial charge in [-0.05, 0) is 48.6 Å². The van der Waals surface area contributed by atoms with Crippen LogP contribution < -0.4 is 10.6 Å². The van der Waals surface area contributed by atoms with Crippen LogP contribution in [0.4, 0.5) is 4.79 Å². The molecule has 0 saturated heterocycles. The van der Waals surface area contributed by atoms with Gasteiger partial charge >= 0.3 is 6.03 Å². The van der Waals surface area contributed by atoms with E-state index >= 15 is 0 Å². The molecule has 1 fully saturated rings. The molecule has 5 heteroatoms. The normalized spacial score (nSPS) is 15.0. The lowest BCUT2D eigenvalue weighted by Crippen LogP contribution is -2.39. The van der Waals surface area contributed by atoms with Crippen LogP contribution in [-0.4, -0.2) is 17.6 Å². The Morgan fingerprint density at radius 1 is 1.22 bits per heavy atom. The number of rotatable bonds is 6. The quantitative estimate of drug-likeness (QED) is 0.848. The number of benzene rings is 1. The van der Waals surface area contributed by atoms with Gasteiger partial charge in [-0.3, -0.25) is 4.98 Å². The first kappa shape index (κ1) is 15.8. The molecule has 23 heavy (non-hydrogen) atoms. The summed E-state index contributed by atoms with van der Waals surface area (Å²) in [7, 11) is 0. The van der Waals surface area contributed by atoms with Crippen molar-refractivity contribution in [2.75, 3.05) is 6.54 Å². The van der Waals surface area contributed by atoms with Crippen LogP contribution in [0.25, 0.3) is 0 Å². The highest BCUT2D eigenvalue weighted by Crippen LogP contribution is 2.41. The zero-order valence-corrected chi connectivity index (χ0v) is 13.6. The Balaban J connectivity index is 1.51. The number of nitrogens with zero attached hydrogens (tertiary/aromatic N) is 1. The van der Waals surface area contributed by atoms with E-state index in [1.165, 1.54) is 0 Å². The van der Waals surface area contributed by atoms with E-state index in [9.17, 15) is 4.79 Å². The number of urea groups is 1. The first-order valence-electron chi connectivity index (χ1n) is 7.92. The summed E-state index contributed by atoms with van der Waals surface area (Å²) >= 11 is 5.94. The molecular formula is C18H20ClN3O. The van der Waals surface area contributed by atoms with Gasteiger partial charge in [0.1, 0.15) is 0 Å². The first-order chi connectivity index (χ1) is 11.2. The average Bonchev–Trinajstić information content (AvgIpc) is 3.39. The van der Waals surface area contributed by atoms with E-state index in [1.54, 1.807) is 6.20 Å². The van der Waals surface area contributed by atoms with Crippen molar-refractivity contribution in [3.8, 4) is 0 Å². The van der Waals surface area contributed by atoms with Crippen LogP contribution in [0.5, 0.6) is 0 Å². The minimum atomic E-state index is -0.132. The third-order valence-corrected chi connectivity index (χ3v) is 4.25. The Labute approximate surface area is 141 Å². The Kier molecular flexibility index (Phi) is 5.13. The molecular weight excluding hydrogens is 310 g/mol. The molecule has 1 aliphatic rings. The Morgan fingerprint density at radius 3 is 2.65 bits per heavy atom. The van der Waals surface area contributed by atoms with Gasteiger partial charge in [0.05, 0.1) is 6.04 Å². The molecule has 1 aromatic carbocycles. The Bertz CT molecular complexity index is 641. The van der Waals surface area contributed by atoms with Crippen molar-refractivity contribution in [2.45, 2.75) is 25.3 Å². The van der Waals surface area contributed by atoms with Gasteiger partial charge in [-0.15, -0.1) is 0 Å². The van der Waals surface area contributed by atoms with E-state index in [0.29, 0.717) is 17.5 Å².